The maximum Gasteiger partial charge on any atom is 0.225 e. The van der Waals surface area contributed by atoms with E-state index >= 15 is 0 Å². The van der Waals surface area contributed by atoms with Gasteiger partial charge < -0.3 is 14.4 Å². The predicted molar refractivity (Wildman–Crippen MR) is 91.2 cm³/mol. The Kier molecular flexibility index (Phi) is 4.60. The van der Waals surface area contributed by atoms with Crippen molar-refractivity contribution in [3.63, 3.8) is 0 Å². The zero-order valence-electron chi connectivity index (χ0n) is 14.2. The Labute approximate surface area is 143 Å². The first-order chi connectivity index (χ1) is 11.8. The molecule has 0 atom stereocenters. The Bertz CT molecular complexity index is 590. The van der Waals surface area contributed by atoms with Gasteiger partial charge in [-0.05, 0) is 30.5 Å². The normalized spacial score (nSPS) is 21.9. The maximum absolute atomic E-state index is 12.5. The van der Waals surface area contributed by atoms with E-state index in [9.17, 15) is 4.79 Å². The molecule has 0 bridgehead atoms. The summed E-state index contributed by atoms with van der Waals surface area (Å²) in [4.78, 5) is 17.0. The summed E-state index contributed by atoms with van der Waals surface area (Å²) >= 11 is 0. The summed E-state index contributed by atoms with van der Waals surface area (Å²) in [5.74, 6) is 2.40. The van der Waals surface area contributed by atoms with E-state index in [0.717, 1.165) is 57.1 Å². The number of benzene rings is 1. The van der Waals surface area contributed by atoms with Crippen LogP contribution in [-0.4, -0.2) is 55.1 Å². The van der Waals surface area contributed by atoms with Crippen molar-refractivity contribution in [1.29, 1.82) is 0 Å². The Morgan fingerprint density at radius 3 is 2.46 bits per heavy atom. The zero-order chi connectivity index (χ0) is 16.4. The van der Waals surface area contributed by atoms with Gasteiger partial charge in [-0.25, -0.2) is 0 Å². The number of hydrogen-bond acceptors (Lipinski definition) is 4. The van der Waals surface area contributed by atoms with Crippen LogP contribution in [0.2, 0.25) is 0 Å². The van der Waals surface area contributed by atoms with Gasteiger partial charge in [0.1, 0.15) is 13.2 Å². The van der Waals surface area contributed by atoms with Crippen molar-refractivity contribution in [2.24, 2.45) is 5.92 Å². The van der Waals surface area contributed by atoms with Gasteiger partial charge in [0.05, 0.1) is 0 Å². The number of amides is 1. The van der Waals surface area contributed by atoms with Crippen LogP contribution in [0.1, 0.15) is 31.2 Å². The summed E-state index contributed by atoms with van der Waals surface area (Å²) in [7, 11) is 0. The van der Waals surface area contributed by atoms with Crippen molar-refractivity contribution in [3.8, 4) is 11.5 Å². The monoisotopic (exact) mass is 330 g/mol. The molecule has 0 unspecified atom stereocenters. The molecule has 1 aromatic carbocycles. The van der Waals surface area contributed by atoms with Gasteiger partial charge in [-0.15, -0.1) is 0 Å². The molecule has 24 heavy (non-hydrogen) atoms. The van der Waals surface area contributed by atoms with Crippen LogP contribution in [0.5, 0.6) is 11.5 Å². The van der Waals surface area contributed by atoms with Gasteiger partial charge >= 0.3 is 0 Å². The lowest BCUT2D eigenvalue weighted by Crippen LogP contribution is -2.49. The van der Waals surface area contributed by atoms with Crippen LogP contribution in [0.3, 0.4) is 0 Å². The minimum absolute atomic E-state index is 0.300. The standard InChI is InChI=1S/C19H26N2O3/c22-19(16-3-1-2-4-16)21-9-7-20(8-10-21)14-15-5-6-17-18(13-15)24-12-11-23-17/h5-6,13,16H,1-4,7-12,14H2. The Hall–Kier alpha value is -1.75. The lowest BCUT2D eigenvalue weighted by Gasteiger charge is -2.36. The predicted octanol–water partition coefficient (Wildman–Crippen LogP) is 2.29. The second-order valence-electron chi connectivity index (χ2n) is 7.06. The Morgan fingerprint density at radius 2 is 1.71 bits per heavy atom. The second-order valence-corrected chi connectivity index (χ2v) is 7.06. The molecule has 5 nitrogen and oxygen atoms in total. The first-order valence-corrected chi connectivity index (χ1v) is 9.19. The highest BCUT2D eigenvalue weighted by atomic mass is 16.6. The number of carbonyl (C=O) groups excluding carboxylic acids is 1. The van der Waals surface area contributed by atoms with E-state index in [1.807, 2.05) is 6.07 Å². The van der Waals surface area contributed by atoms with Crippen molar-refractivity contribution in [2.45, 2.75) is 32.2 Å². The largest absolute Gasteiger partial charge is 0.486 e. The third kappa shape index (κ3) is 3.36. The molecule has 1 saturated heterocycles. The molecule has 1 aromatic rings. The molecule has 2 heterocycles. The third-order valence-electron chi connectivity index (χ3n) is 5.40. The number of nitrogens with zero attached hydrogens (tertiary/aromatic N) is 2. The average Bonchev–Trinajstić information content (AvgIpc) is 3.16. The number of carbonyl (C=O) groups is 1. The highest BCUT2D eigenvalue weighted by molar-refractivity contribution is 5.79. The van der Waals surface area contributed by atoms with E-state index in [-0.39, 0.29) is 0 Å². The molecule has 2 fully saturated rings. The van der Waals surface area contributed by atoms with Gasteiger partial charge in [0, 0.05) is 38.6 Å². The van der Waals surface area contributed by atoms with E-state index in [4.69, 9.17) is 9.47 Å². The topological polar surface area (TPSA) is 42.0 Å². The first-order valence-electron chi connectivity index (χ1n) is 9.19. The summed E-state index contributed by atoms with van der Waals surface area (Å²) < 4.78 is 11.2. The second kappa shape index (κ2) is 7.01. The number of fused-ring (bicyclic) bond motifs is 1. The number of hydrogen-bond donors (Lipinski definition) is 0. The Balaban J connectivity index is 1.30. The van der Waals surface area contributed by atoms with Crippen molar-refractivity contribution in [3.05, 3.63) is 23.8 Å². The number of piperazine rings is 1. The number of ether oxygens (including phenoxy) is 2. The van der Waals surface area contributed by atoms with Gasteiger partial charge in [-0.3, -0.25) is 9.69 Å². The fourth-order valence-electron chi connectivity index (χ4n) is 4.00. The highest BCUT2D eigenvalue weighted by Crippen LogP contribution is 2.31. The zero-order valence-corrected chi connectivity index (χ0v) is 14.2. The molecule has 2 aliphatic heterocycles. The fraction of sp³-hybridized carbons (Fsp3) is 0.632. The first kappa shape index (κ1) is 15.8. The van der Waals surface area contributed by atoms with E-state index in [1.165, 1.54) is 18.4 Å². The quantitative estimate of drug-likeness (QED) is 0.853. The van der Waals surface area contributed by atoms with Crippen LogP contribution in [0.25, 0.3) is 0 Å². The lowest BCUT2D eigenvalue weighted by molar-refractivity contribution is -0.137. The van der Waals surface area contributed by atoms with E-state index in [1.54, 1.807) is 0 Å². The van der Waals surface area contributed by atoms with Gasteiger partial charge in [0.25, 0.3) is 0 Å². The average molecular weight is 330 g/mol. The molecule has 1 amide bonds. The Morgan fingerprint density at radius 1 is 1.00 bits per heavy atom. The fourth-order valence-corrected chi connectivity index (χ4v) is 4.00. The van der Waals surface area contributed by atoms with Crippen LogP contribution in [0.4, 0.5) is 0 Å². The molecule has 3 aliphatic rings. The van der Waals surface area contributed by atoms with Crippen molar-refractivity contribution >= 4 is 5.91 Å². The smallest absolute Gasteiger partial charge is 0.225 e. The summed E-state index contributed by atoms with van der Waals surface area (Å²) in [6.45, 7) is 5.78. The molecular formula is C19H26N2O3. The van der Waals surface area contributed by atoms with Gasteiger partial charge in [-0.1, -0.05) is 18.9 Å². The van der Waals surface area contributed by atoms with Crippen molar-refractivity contribution < 1.29 is 14.3 Å². The highest BCUT2D eigenvalue weighted by Gasteiger charge is 2.29. The molecule has 0 aromatic heterocycles. The summed E-state index contributed by atoms with van der Waals surface area (Å²) in [5, 5.41) is 0. The SMILES string of the molecule is O=C(C1CCCC1)N1CCN(Cc2ccc3c(c2)OCCO3)CC1. The summed E-state index contributed by atoms with van der Waals surface area (Å²) in [5.41, 5.74) is 1.25. The van der Waals surface area contributed by atoms with Gasteiger partial charge in [0.2, 0.25) is 5.91 Å². The van der Waals surface area contributed by atoms with Crippen LogP contribution in [0, 0.1) is 5.92 Å². The third-order valence-corrected chi connectivity index (χ3v) is 5.40. The van der Waals surface area contributed by atoms with Crippen molar-refractivity contribution in [2.75, 3.05) is 39.4 Å². The van der Waals surface area contributed by atoms with Crippen molar-refractivity contribution in [1.82, 2.24) is 9.80 Å². The molecule has 4 rings (SSSR count). The van der Waals surface area contributed by atoms with Crippen LogP contribution in [0.15, 0.2) is 18.2 Å². The van der Waals surface area contributed by atoms with E-state index in [2.05, 4.69) is 21.9 Å². The van der Waals surface area contributed by atoms with Crippen LogP contribution < -0.4 is 9.47 Å². The molecule has 0 radical (unpaired) electrons. The maximum atomic E-state index is 12.5. The molecule has 0 spiro atoms. The molecule has 130 valence electrons. The molecule has 5 heteroatoms. The van der Waals surface area contributed by atoms with Gasteiger partial charge in [0.15, 0.2) is 11.5 Å². The lowest BCUT2D eigenvalue weighted by atomic mass is 10.1. The summed E-state index contributed by atoms with van der Waals surface area (Å²) in [6, 6.07) is 6.21. The van der Waals surface area contributed by atoms with Crippen LogP contribution >= 0.6 is 0 Å². The molecular weight excluding hydrogens is 304 g/mol. The van der Waals surface area contributed by atoms with Gasteiger partial charge in [-0.2, -0.15) is 0 Å². The van der Waals surface area contributed by atoms with Crippen LogP contribution in [-0.2, 0) is 11.3 Å². The molecule has 0 N–H and O–H groups in total. The van der Waals surface area contributed by atoms with E-state index in [0.29, 0.717) is 25.0 Å². The number of rotatable bonds is 3. The molecule has 1 aliphatic carbocycles. The minimum Gasteiger partial charge on any atom is -0.486 e. The summed E-state index contributed by atoms with van der Waals surface area (Å²) in [6.07, 6.45) is 4.63. The minimum atomic E-state index is 0.300. The van der Waals surface area contributed by atoms with E-state index < -0.39 is 0 Å². The molecule has 1 saturated carbocycles.